The van der Waals surface area contributed by atoms with E-state index in [1.54, 1.807) is 6.07 Å². The molecular weight excluding hydrogens is 352 g/mol. The highest BCUT2D eigenvalue weighted by molar-refractivity contribution is 6.31. The minimum Gasteiger partial charge on any atom is -0.339 e. The standard InChI is InChI=1S/C17H25ClFN3O.ClH/c1-3-12(2)16(20)17(23)22-8-6-21(7-9-22)11-13-4-5-14(19)10-15(13)18;/h4-5,10,12,16H,3,6-9,11,20H2,1-2H3;1H. The molecule has 2 N–H and O–H groups in total. The molecule has 1 aliphatic heterocycles. The lowest BCUT2D eigenvalue weighted by Gasteiger charge is -2.36. The van der Waals surface area contributed by atoms with Gasteiger partial charge in [0.05, 0.1) is 6.04 Å². The van der Waals surface area contributed by atoms with E-state index in [2.05, 4.69) is 4.90 Å². The Balaban J connectivity index is 0.00000288. The van der Waals surface area contributed by atoms with Gasteiger partial charge in [-0.25, -0.2) is 4.39 Å². The third-order valence-corrected chi connectivity index (χ3v) is 4.99. The van der Waals surface area contributed by atoms with E-state index in [0.29, 0.717) is 24.7 Å². The molecule has 24 heavy (non-hydrogen) atoms. The van der Waals surface area contributed by atoms with Gasteiger partial charge < -0.3 is 10.6 Å². The number of benzene rings is 1. The van der Waals surface area contributed by atoms with Gasteiger partial charge in [-0.15, -0.1) is 12.4 Å². The van der Waals surface area contributed by atoms with Gasteiger partial charge in [-0.3, -0.25) is 9.69 Å². The number of carbonyl (C=O) groups is 1. The van der Waals surface area contributed by atoms with Crippen molar-refractivity contribution in [1.29, 1.82) is 0 Å². The second-order valence-corrected chi connectivity index (χ2v) is 6.66. The van der Waals surface area contributed by atoms with Gasteiger partial charge in [0, 0.05) is 37.7 Å². The molecule has 1 heterocycles. The van der Waals surface area contributed by atoms with Crippen LogP contribution in [0.4, 0.5) is 4.39 Å². The summed E-state index contributed by atoms with van der Waals surface area (Å²) in [4.78, 5) is 16.4. The fourth-order valence-electron chi connectivity index (χ4n) is 2.73. The Kier molecular flexibility index (Phi) is 8.43. The molecule has 2 unspecified atom stereocenters. The highest BCUT2D eigenvalue weighted by Crippen LogP contribution is 2.20. The first-order valence-electron chi connectivity index (χ1n) is 8.13. The van der Waals surface area contributed by atoms with Gasteiger partial charge in [0.2, 0.25) is 5.91 Å². The van der Waals surface area contributed by atoms with Crippen molar-refractivity contribution in [2.45, 2.75) is 32.9 Å². The summed E-state index contributed by atoms with van der Waals surface area (Å²) in [6.45, 7) is 7.60. The van der Waals surface area contributed by atoms with Gasteiger partial charge in [-0.1, -0.05) is 37.9 Å². The fourth-order valence-corrected chi connectivity index (χ4v) is 2.95. The number of hydrogen-bond acceptors (Lipinski definition) is 3. The van der Waals surface area contributed by atoms with E-state index >= 15 is 0 Å². The van der Waals surface area contributed by atoms with Crippen LogP contribution in [0.5, 0.6) is 0 Å². The molecule has 0 radical (unpaired) electrons. The second kappa shape index (κ2) is 9.56. The van der Waals surface area contributed by atoms with Gasteiger partial charge in [0.1, 0.15) is 5.82 Å². The Bertz CT molecular complexity index is 551. The van der Waals surface area contributed by atoms with E-state index in [4.69, 9.17) is 17.3 Å². The van der Waals surface area contributed by atoms with E-state index in [0.717, 1.165) is 25.1 Å². The van der Waals surface area contributed by atoms with E-state index in [-0.39, 0.29) is 30.0 Å². The molecule has 4 nitrogen and oxygen atoms in total. The van der Waals surface area contributed by atoms with Gasteiger partial charge in [0.15, 0.2) is 0 Å². The lowest BCUT2D eigenvalue weighted by atomic mass is 9.98. The molecule has 1 aromatic rings. The zero-order valence-corrected chi connectivity index (χ0v) is 15.7. The first kappa shape index (κ1) is 21.2. The Morgan fingerprint density at radius 2 is 1.96 bits per heavy atom. The molecule has 1 aromatic carbocycles. The summed E-state index contributed by atoms with van der Waals surface area (Å²) in [6.07, 6.45) is 0.899. The van der Waals surface area contributed by atoms with Gasteiger partial charge >= 0.3 is 0 Å². The normalized spacial score (nSPS) is 18.0. The molecule has 0 aliphatic carbocycles. The average molecular weight is 378 g/mol. The summed E-state index contributed by atoms with van der Waals surface area (Å²) >= 11 is 6.07. The SMILES string of the molecule is CCC(C)C(N)C(=O)N1CCN(Cc2ccc(F)cc2Cl)CC1.Cl. The largest absolute Gasteiger partial charge is 0.339 e. The second-order valence-electron chi connectivity index (χ2n) is 6.25. The summed E-state index contributed by atoms with van der Waals surface area (Å²) in [6, 6.07) is 4.06. The van der Waals surface area contributed by atoms with Crippen LogP contribution >= 0.6 is 24.0 Å². The maximum atomic E-state index is 13.1. The minimum atomic E-state index is -0.418. The van der Waals surface area contributed by atoms with Gasteiger partial charge in [-0.2, -0.15) is 0 Å². The Hall–Kier alpha value is -0.880. The summed E-state index contributed by atoms with van der Waals surface area (Å²) < 4.78 is 13.1. The van der Waals surface area contributed by atoms with E-state index < -0.39 is 6.04 Å². The van der Waals surface area contributed by atoms with Crippen molar-refractivity contribution in [2.75, 3.05) is 26.2 Å². The topological polar surface area (TPSA) is 49.6 Å². The molecule has 7 heteroatoms. The van der Waals surface area contributed by atoms with Crippen LogP contribution in [0, 0.1) is 11.7 Å². The van der Waals surface area contributed by atoms with Crippen LogP contribution in [-0.2, 0) is 11.3 Å². The van der Waals surface area contributed by atoms with Crippen LogP contribution < -0.4 is 5.73 Å². The highest BCUT2D eigenvalue weighted by Gasteiger charge is 2.27. The monoisotopic (exact) mass is 377 g/mol. The van der Waals surface area contributed by atoms with E-state index in [9.17, 15) is 9.18 Å². The first-order chi connectivity index (χ1) is 10.9. The number of rotatable bonds is 5. The molecule has 0 saturated carbocycles. The maximum absolute atomic E-state index is 13.1. The predicted molar refractivity (Wildman–Crippen MR) is 97.9 cm³/mol. The van der Waals surface area contributed by atoms with E-state index in [1.165, 1.54) is 12.1 Å². The Morgan fingerprint density at radius 3 is 2.50 bits per heavy atom. The third kappa shape index (κ3) is 5.31. The molecule has 0 bridgehead atoms. The molecule has 1 saturated heterocycles. The van der Waals surface area contributed by atoms with Crippen molar-refractivity contribution >= 4 is 29.9 Å². The van der Waals surface area contributed by atoms with E-state index in [1.807, 2.05) is 18.7 Å². The molecule has 1 fully saturated rings. The van der Waals surface area contributed by atoms with Gasteiger partial charge in [-0.05, 0) is 23.6 Å². The molecule has 0 spiro atoms. The zero-order valence-electron chi connectivity index (χ0n) is 14.2. The van der Waals surface area contributed by atoms with Crippen molar-refractivity contribution in [3.05, 3.63) is 34.6 Å². The van der Waals surface area contributed by atoms with Crippen molar-refractivity contribution in [3.8, 4) is 0 Å². The number of nitrogens with zero attached hydrogens (tertiary/aromatic N) is 2. The van der Waals surface area contributed by atoms with Crippen LogP contribution in [0.1, 0.15) is 25.8 Å². The lowest BCUT2D eigenvalue weighted by Crippen LogP contribution is -2.54. The van der Waals surface area contributed by atoms with Crippen LogP contribution in [-0.4, -0.2) is 47.9 Å². The highest BCUT2D eigenvalue weighted by atomic mass is 35.5. The molecule has 2 atom stereocenters. The van der Waals surface area contributed by atoms with Gasteiger partial charge in [0.25, 0.3) is 0 Å². The average Bonchev–Trinajstić information content (AvgIpc) is 2.56. The molecule has 0 aromatic heterocycles. The summed E-state index contributed by atoms with van der Waals surface area (Å²) in [5, 5.41) is 0.447. The third-order valence-electron chi connectivity index (χ3n) is 4.64. The number of amides is 1. The van der Waals surface area contributed by atoms with Crippen LogP contribution in [0.2, 0.25) is 5.02 Å². The Labute approximate surface area is 154 Å². The van der Waals surface area contributed by atoms with Crippen molar-refractivity contribution < 1.29 is 9.18 Å². The molecular formula is C17H26Cl2FN3O. The predicted octanol–water partition coefficient (Wildman–Crippen LogP) is 2.92. The zero-order chi connectivity index (χ0) is 17.0. The molecule has 136 valence electrons. The minimum absolute atomic E-state index is 0. The summed E-state index contributed by atoms with van der Waals surface area (Å²) in [7, 11) is 0. The number of nitrogens with two attached hydrogens (primary N) is 1. The fraction of sp³-hybridized carbons (Fsp3) is 0.588. The molecule has 1 aliphatic rings. The summed E-state index contributed by atoms with van der Waals surface area (Å²) in [5.74, 6) is -0.0921. The van der Waals surface area contributed by atoms with Crippen molar-refractivity contribution in [3.63, 3.8) is 0 Å². The summed E-state index contributed by atoms with van der Waals surface area (Å²) in [5.41, 5.74) is 6.94. The number of hydrogen-bond donors (Lipinski definition) is 1. The number of carbonyl (C=O) groups excluding carboxylic acids is 1. The van der Waals surface area contributed by atoms with Crippen molar-refractivity contribution in [1.82, 2.24) is 9.80 Å². The van der Waals surface area contributed by atoms with Crippen LogP contribution in [0.15, 0.2) is 18.2 Å². The number of piperazine rings is 1. The molecule has 2 rings (SSSR count). The number of halogens is 3. The smallest absolute Gasteiger partial charge is 0.239 e. The van der Waals surface area contributed by atoms with Crippen LogP contribution in [0.25, 0.3) is 0 Å². The van der Waals surface area contributed by atoms with Crippen LogP contribution in [0.3, 0.4) is 0 Å². The van der Waals surface area contributed by atoms with Crippen molar-refractivity contribution in [2.24, 2.45) is 11.7 Å². The Morgan fingerprint density at radius 1 is 1.33 bits per heavy atom. The maximum Gasteiger partial charge on any atom is 0.239 e. The first-order valence-corrected chi connectivity index (χ1v) is 8.50. The lowest BCUT2D eigenvalue weighted by molar-refractivity contribution is -0.135. The quantitative estimate of drug-likeness (QED) is 0.857. The molecule has 1 amide bonds.